The molecule has 0 spiro atoms. The van der Waals surface area contributed by atoms with Crippen LogP contribution < -0.4 is 5.56 Å². The van der Waals surface area contributed by atoms with Gasteiger partial charge in [0.05, 0.1) is 0 Å². The van der Waals surface area contributed by atoms with E-state index in [0.717, 1.165) is 48.6 Å². The van der Waals surface area contributed by atoms with Gasteiger partial charge in [0.25, 0.3) is 5.56 Å². The average molecular weight is 419 g/mol. The van der Waals surface area contributed by atoms with Crippen molar-refractivity contribution in [2.24, 2.45) is 0 Å². The molecule has 6 nitrogen and oxygen atoms in total. The first-order valence-electron chi connectivity index (χ1n) is 10.9. The zero-order chi connectivity index (χ0) is 22.2. The second-order valence-electron chi connectivity index (χ2n) is 8.97. The Balaban J connectivity index is 1.44. The highest BCUT2D eigenvalue weighted by atomic mass is 16.3. The molecule has 162 valence electrons. The van der Waals surface area contributed by atoms with E-state index in [1.807, 2.05) is 32.0 Å². The third kappa shape index (κ3) is 4.73. The average Bonchev–Trinajstić information content (AvgIpc) is 3.34. The van der Waals surface area contributed by atoms with Crippen molar-refractivity contribution in [1.82, 2.24) is 19.5 Å². The normalized spacial score (nSPS) is 17.1. The molecule has 3 aromatic rings. The molecule has 0 aliphatic carbocycles. The van der Waals surface area contributed by atoms with Crippen molar-refractivity contribution in [3.63, 3.8) is 0 Å². The van der Waals surface area contributed by atoms with Crippen LogP contribution in [0.25, 0.3) is 5.65 Å². The fourth-order valence-corrected chi connectivity index (χ4v) is 4.21. The Labute approximate surface area is 182 Å². The van der Waals surface area contributed by atoms with Gasteiger partial charge in [-0.05, 0) is 57.9 Å². The SMILES string of the molecule is CCc1c(C)nc2cc([C@H]3CCN(Cc4ccc(C#CC(C)(C)O)cc4)C3)[nH]n2c1=O. The van der Waals surface area contributed by atoms with Crippen LogP contribution in [-0.2, 0) is 13.0 Å². The van der Waals surface area contributed by atoms with Gasteiger partial charge in [0.2, 0.25) is 0 Å². The quantitative estimate of drug-likeness (QED) is 0.639. The summed E-state index contributed by atoms with van der Waals surface area (Å²) >= 11 is 0. The van der Waals surface area contributed by atoms with Crippen molar-refractivity contribution in [2.45, 2.75) is 58.6 Å². The number of aromatic amines is 1. The lowest BCUT2D eigenvalue weighted by Gasteiger charge is -2.15. The van der Waals surface area contributed by atoms with E-state index in [0.29, 0.717) is 18.0 Å². The van der Waals surface area contributed by atoms with Crippen molar-refractivity contribution in [3.05, 3.63) is 68.8 Å². The maximum Gasteiger partial charge on any atom is 0.276 e. The Morgan fingerprint density at radius 2 is 2.03 bits per heavy atom. The van der Waals surface area contributed by atoms with Crippen LogP contribution in [0.2, 0.25) is 0 Å². The summed E-state index contributed by atoms with van der Waals surface area (Å²) < 4.78 is 1.59. The number of likely N-dealkylation sites (tertiary alicyclic amines) is 1. The number of nitrogens with zero attached hydrogens (tertiary/aromatic N) is 3. The highest BCUT2D eigenvalue weighted by Crippen LogP contribution is 2.27. The molecule has 1 saturated heterocycles. The number of nitrogens with one attached hydrogen (secondary N) is 1. The van der Waals surface area contributed by atoms with Crippen LogP contribution in [0.15, 0.2) is 35.1 Å². The molecule has 6 heteroatoms. The highest BCUT2D eigenvalue weighted by molar-refractivity contribution is 5.43. The van der Waals surface area contributed by atoms with Crippen molar-refractivity contribution in [1.29, 1.82) is 0 Å². The number of benzene rings is 1. The van der Waals surface area contributed by atoms with Gasteiger partial charge in [-0.25, -0.2) is 9.50 Å². The fourth-order valence-electron chi connectivity index (χ4n) is 4.21. The van der Waals surface area contributed by atoms with Gasteiger partial charge in [0.15, 0.2) is 5.65 Å². The van der Waals surface area contributed by atoms with Crippen LogP contribution >= 0.6 is 0 Å². The molecule has 0 amide bonds. The topological polar surface area (TPSA) is 73.6 Å². The van der Waals surface area contributed by atoms with E-state index in [1.54, 1.807) is 18.4 Å². The van der Waals surface area contributed by atoms with E-state index in [2.05, 4.69) is 39.0 Å². The molecule has 1 atom stereocenters. The van der Waals surface area contributed by atoms with Crippen LogP contribution in [0.4, 0.5) is 0 Å². The van der Waals surface area contributed by atoms with Crippen molar-refractivity contribution < 1.29 is 5.11 Å². The monoisotopic (exact) mass is 418 g/mol. The fraction of sp³-hybridized carbons (Fsp3) is 0.440. The smallest absolute Gasteiger partial charge is 0.276 e. The van der Waals surface area contributed by atoms with Crippen LogP contribution in [0, 0.1) is 18.8 Å². The molecule has 0 unspecified atom stereocenters. The standard InChI is InChI=1S/C25H30N4O2/c1-5-21-17(2)26-23-14-22(27-29(23)24(21)30)20-11-13-28(16-20)15-19-8-6-18(7-9-19)10-12-25(3,4)31/h6-9,14,20,27,31H,5,11,13,15-16H2,1-4H3/t20-/m0/s1. The van der Waals surface area contributed by atoms with Crippen LogP contribution in [-0.4, -0.2) is 43.3 Å². The Bertz CT molecular complexity index is 1200. The van der Waals surface area contributed by atoms with E-state index in [-0.39, 0.29) is 5.56 Å². The number of aliphatic hydroxyl groups is 1. The number of hydrogen-bond donors (Lipinski definition) is 2. The third-order valence-electron chi connectivity index (χ3n) is 5.87. The summed E-state index contributed by atoms with van der Waals surface area (Å²) in [5.74, 6) is 6.22. The van der Waals surface area contributed by atoms with Gasteiger partial charge < -0.3 is 5.11 Å². The van der Waals surface area contributed by atoms with Gasteiger partial charge in [-0.2, -0.15) is 0 Å². The van der Waals surface area contributed by atoms with Gasteiger partial charge in [-0.1, -0.05) is 30.9 Å². The Morgan fingerprint density at radius 3 is 2.71 bits per heavy atom. The van der Waals surface area contributed by atoms with E-state index < -0.39 is 5.60 Å². The van der Waals surface area contributed by atoms with Gasteiger partial charge in [0.1, 0.15) is 5.60 Å². The molecular weight excluding hydrogens is 388 g/mol. The summed E-state index contributed by atoms with van der Waals surface area (Å²) in [4.78, 5) is 19.8. The van der Waals surface area contributed by atoms with Gasteiger partial charge in [-0.3, -0.25) is 14.8 Å². The molecule has 1 aromatic carbocycles. The predicted octanol–water partition coefficient (Wildman–Crippen LogP) is 3.01. The lowest BCUT2D eigenvalue weighted by Crippen LogP contribution is -2.21. The van der Waals surface area contributed by atoms with Crippen LogP contribution in [0.1, 0.15) is 61.2 Å². The third-order valence-corrected chi connectivity index (χ3v) is 5.87. The summed E-state index contributed by atoms with van der Waals surface area (Å²) in [5, 5.41) is 13.0. The molecule has 1 aliphatic rings. The summed E-state index contributed by atoms with van der Waals surface area (Å²) in [6.45, 7) is 10.1. The second kappa shape index (κ2) is 8.33. The molecule has 0 radical (unpaired) electrons. The first-order valence-corrected chi connectivity index (χ1v) is 10.9. The van der Waals surface area contributed by atoms with Crippen molar-refractivity contribution in [2.75, 3.05) is 13.1 Å². The van der Waals surface area contributed by atoms with Crippen LogP contribution in [0.3, 0.4) is 0 Å². The molecule has 2 N–H and O–H groups in total. The van der Waals surface area contributed by atoms with E-state index in [9.17, 15) is 9.90 Å². The summed E-state index contributed by atoms with van der Waals surface area (Å²) in [7, 11) is 0. The molecule has 1 fully saturated rings. The zero-order valence-corrected chi connectivity index (χ0v) is 18.7. The Kier molecular flexibility index (Phi) is 5.74. The number of aromatic nitrogens is 3. The van der Waals surface area contributed by atoms with Gasteiger partial charge in [-0.15, -0.1) is 0 Å². The number of hydrogen-bond acceptors (Lipinski definition) is 4. The van der Waals surface area contributed by atoms with Crippen molar-refractivity contribution >= 4 is 5.65 Å². The molecule has 2 aromatic heterocycles. The molecule has 31 heavy (non-hydrogen) atoms. The van der Waals surface area contributed by atoms with Crippen molar-refractivity contribution in [3.8, 4) is 11.8 Å². The minimum Gasteiger partial charge on any atom is -0.378 e. The maximum absolute atomic E-state index is 12.7. The predicted molar refractivity (Wildman–Crippen MR) is 122 cm³/mol. The summed E-state index contributed by atoms with van der Waals surface area (Å²) in [6.07, 6.45) is 1.74. The van der Waals surface area contributed by atoms with Gasteiger partial charge in [0, 0.05) is 47.6 Å². The number of aryl methyl sites for hydroxylation is 1. The van der Waals surface area contributed by atoms with E-state index >= 15 is 0 Å². The first-order chi connectivity index (χ1) is 14.7. The lowest BCUT2D eigenvalue weighted by atomic mass is 10.1. The molecule has 1 aliphatic heterocycles. The molecule has 3 heterocycles. The van der Waals surface area contributed by atoms with E-state index in [4.69, 9.17) is 0 Å². The minimum absolute atomic E-state index is 0.0128. The molecule has 4 rings (SSSR count). The largest absolute Gasteiger partial charge is 0.378 e. The number of H-pyrrole nitrogens is 1. The maximum atomic E-state index is 12.7. The Morgan fingerprint density at radius 1 is 1.29 bits per heavy atom. The molecule has 0 bridgehead atoms. The zero-order valence-electron chi connectivity index (χ0n) is 18.7. The van der Waals surface area contributed by atoms with Gasteiger partial charge >= 0.3 is 0 Å². The van der Waals surface area contributed by atoms with Crippen LogP contribution in [0.5, 0.6) is 0 Å². The first kappa shape index (κ1) is 21.4. The number of fused-ring (bicyclic) bond motifs is 1. The summed E-state index contributed by atoms with van der Waals surface area (Å²) in [6, 6.07) is 10.2. The summed E-state index contributed by atoms with van der Waals surface area (Å²) in [5.41, 5.74) is 4.56. The highest BCUT2D eigenvalue weighted by Gasteiger charge is 2.26. The number of rotatable bonds is 4. The lowest BCUT2D eigenvalue weighted by molar-refractivity contribution is 0.143. The second-order valence-corrected chi connectivity index (χ2v) is 8.97. The minimum atomic E-state index is -0.983. The van der Waals surface area contributed by atoms with E-state index in [1.165, 1.54) is 5.56 Å². The Hall–Kier alpha value is -2.88. The molecule has 0 saturated carbocycles. The molecular formula is C25H30N4O2.